The van der Waals surface area contributed by atoms with Crippen molar-refractivity contribution < 1.29 is 14.6 Å². The average Bonchev–Trinajstić information content (AvgIpc) is 2.24. The molecule has 1 amide bonds. The van der Waals surface area contributed by atoms with Crippen molar-refractivity contribution in [1.29, 1.82) is 0 Å². The summed E-state index contributed by atoms with van der Waals surface area (Å²) in [5.74, 6) is -0.171. The Morgan fingerprint density at radius 2 is 2.25 bits per heavy atom. The van der Waals surface area contributed by atoms with Crippen LogP contribution in [0, 0.1) is 0 Å². The van der Waals surface area contributed by atoms with Crippen molar-refractivity contribution in [1.82, 2.24) is 0 Å². The van der Waals surface area contributed by atoms with E-state index in [9.17, 15) is 9.90 Å². The fraction of sp³-hybridized carbons (Fsp3) is 0.300. The Bertz CT molecular complexity index is 438. The molecule has 1 fully saturated rings. The number of ether oxygens (including phenoxy) is 1. The minimum absolute atomic E-state index is 0.0136. The van der Waals surface area contributed by atoms with Crippen LogP contribution in [0.5, 0.6) is 5.75 Å². The van der Waals surface area contributed by atoms with E-state index in [2.05, 4.69) is 15.9 Å². The summed E-state index contributed by atoms with van der Waals surface area (Å²) in [6, 6.07) is 3.14. The number of halogens is 2. The SMILES string of the molecule is O=C1COCCN1c1cc(Cl)cc(Br)c1O. The first-order valence-corrected chi connectivity index (χ1v) is 5.83. The number of rotatable bonds is 1. The van der Waals surface area contributed by atoms with Crippen molar-refractivity contribution in [2.45, 2.75) is 0 Å². The molecule has 0 spiro atoms. The van der Waals surface area contributed by atoms with Crippen LogP contribution in [-0.2, 0) is 9.53 Å². The van der Waals surface area contributed by atoms with E-state index in [0.29, 0.717) is 28.3 Å². The maximum atomic E-state index is 11.6. The number of phenols is 1. The quantitative estimate of drug-likeness (QED) is 0.865. The van der Waals surface area contributed by atoms with Crippen LogP contribution in [0.25, 0.3) is 0 Å². The molecule has 0 saturated carbocycles. The number of benzene rings is 1. The summed E-state index contributed by atoms with van der Waals surface area (Å²) in [6.07, 6.45) is 0. The Morgan fingerprint density at radius 1 is 1.50 bits per heavy atom. The normalized spacial score (nSPS) is 16.6. The first-order valence-electron chi connectivity index (χ1n) is 4.65. The number of amides is 1. The lowest BCUT2D eigenvalue weighted by Crippen LogP contribution is -2.41. The predicted molar refractivity (Wildman–Crippen MR) is 64.0 cm³/mol. The van der Waals surface area contributed by atoms with Gasteiger partial charge in [0.1, 0.15) is 6.61 Å². The maximum Gasteiger partial charge on any atom is 0.253 e. The number of anilines is 1. The zero-order chi connectivity index (χ0) is 11.7. The van der Waals surface area contributed by atoms with E-state index < -0.39 is 0 Å². The summed E-state index contributed by atoms with van der Waals surface area (Å²) in [7, 11) is 0. The molecule has 1 aromatic rings. The topological polar surface area (TPSA) is 49.8 Å². The van der Waals surface area contributed by atoms with Crippen molar-refractivity contribution in [2.75, 3.05) is 24.7 Å². The summed E-state index contributed by atoms with van der Waals surface area (Å²) < 4.78 is 5.48. The number of carbonyl (C=O) groups excluding carboxylic acids is 1. The lowest BCUT2D eigenvalue weighted by Gasteiger charge is -2.27. The Balaban J connectivity index is 2.42. The Morgan fingerprint density at radius 3 is 2.94 bits per heavy atom. The number of hydrogen-bond acceptors (Lipinski definition) is 3. The molecule has 1 aromatic carbocycles. The molecule has 0 bridgehead atoms. The van der Waals surface area contributed by atoms with Crippen molar-refractivity contribution in [3.05, 3.63) is 21.6 Å². The van der Waals surface area contributed by atoms with Gasteiger partial charge in [-0.2, -0.15) is 0 Å². The standard InChI is InChI=1S/C10H9BrClNO3/c11-7-3-6(12)4-8(10(7)15)13-1-2-16-5-9(13)14/h3-4,15H,1-2,5H2. The molecular weight excluding hydrogens is 297 g/mol. The Labute approximate surface area is 106 Å². The van der Waals surface area contributed by atoms with Gasteiger partial charge in [-0.05, 0) is 28.1 Å². The van der Waals surface area contributed by atoms with Crippen LogP contribution in [0.4, 0.5) is 5.69 Å². The first kappa shape index (κ1) is 11.7. The van der Waals surface area contributed by atoms with Gasteiger partial charge < -0.3 is 14.7 Å². The van der Waals surface area contributed by atoms with E-state index in [-0.39, 0.29) is 18.3 Å². The smallest absolute Gasteiger partial charge is 0.253 e. The highest BCUT2D eigenvalue weighted by molar-refractivity contribution is 9.10. The molecule has 0 aromatic heterocycles. The monoisotopic (exact) mass is 305 g/mol. The average molecular weight is 307 g/mol. The molecule has 0 radical (unpaired) electrons. The van der Waals surface area contributed by atoms with Crippen LogP contribution >= 0.6 is 27.5 Å². The molecule has 1 heterocycles. The van der Waals surface area contributed by atoms with Gasteiger partial charge in [-0.15, -0.1) is 0 Å². The lowest BCUT2D eigenvalue weighted by molar-refractivity contribution is -0.125. The molecule has 6 heteroatoms. The van der Waals surface area contributed by atoms with Crippen LogP contribution < -0.4 is 4.90 Å². The first-order chi connectivity index (χ1) is 7.59. The molecule has 1 N–H and O–H groups in total. The number of hydrogen-bond donors (Lipinski definition) is 1. The summed E-state index contributed by atoms with van der Waals surface area (Å²) in [4.78, 5) is 13.1. The zero-order valence-corrected chi connectivity index (χ0v) is 10.6. The molecule has 4 nitrogen and oxygen atoms in total. The van der Waals surface area contributed by atoms with Crippen molar-refractivity contribution in [3.63, 3.8) is 0 Å². The summed E-state index contributed by atoms with van der Waals surface area (Å²) in [6.45, 7) is 0.901. The van der Waals surface area contributed by atoms with Crippen LogP contribution in [0.15, 0.2) is 16.6 Å². The van der Waals surface area contributed by atoms with Crippen LogP contribution in [0.3, 0.4) is 0 Å². The van der Waals surface area contributed by atoms with Gasteiger partial charge in [0.2, 0.25) is 0 Å². The van der Waals surface area contributed by atoms with E-state index in [4.69, 9.17) is 16.3 Å². The van der Waals surface area contributed by atoms with Gasteiger partial charge in [-0.3, -0.25) is 4.79 Å². The largest absolute Gasteiger partial charge is 0.505 e. The summed E-state index contributed by atoms with van der Waals surface area (Å²) >= 11 is 9.06. The molecule has 0 atom stereocenters. The molecule has 1 aliphatic rings. The number of phenolic OH excluding ortho intramolecular Hbond substituents is 1. The molecule has 86 valence electrons. The predicted octanol–water partition coefficient (Wildman–Crippen LogP) is 2.17. The second-order valence-corrected chi connectivity index (χ2v) is 4.64. The molecule has 1 saturated heterocycles. The van der Waals surface area contributed by atoms with Gasteiger partial charge in [0.25, 0.3) is 5.91 Å². The third-order valence-electron chi connectivity index (χ3n) is 2.28. The van der Waals surface area contributed by atoms with Crippen LogP contribution in [-0.4, -0.2) is 30.8 Å². The highest BCUT2D eigenvalue weighted by Gasteiger charge is 2.23. The van der Waals surface area contributed by atoms with E-state index in [1.54, 1.807) is 12.1 Å². The Hall–Kier alpha value is -0.780. The van der Waals surface area contributed by atoms with E-state index in [1.807, 2.05) is 0 Å². The van der Waals surface area contributed by atoms with Gasteiger partial charge in [-0.25, -0.2) is 0 Å². The molecule has 1 aliphatic heterocycles. The second-order valence-electron chi connectivity index (χ2n) is 3.35. The van der Waals surface area contributed by atoms with E-state index in [1.165, 1.54) is 4.90 Å². The van der Waals surface area contributed by atoms with Crippen LogP contribution in [0.1, 0.15) is 0 Å². The van der Waals surface area contributed by atoms with Crippen molar-refractivity contribution in [2.24, 2.45) is 0 Å². The zero-order valence-electron chi connectivity index (χ0n) is 8.24. The van der Waals surface area contributed by atoms with Gasteiger partial charge in [0.15, 0.2) is 5.75 Å². The third kappa shape index (κ3) is 2.16. The molecule has 0 unspecified atom stereocenters. The summed E-state index contributed by atoms with van der Waals surface area (Å²) in [5.41, 5.74) is 0.410. The summed E-state index contributed by atoms with van der Waals surface area (Å²) in [5, 5.41) is 10.3. The minimum Gasteiger partial charge on any atom is -0.505 e. The molecule has 16 heavy (non-hydrogen) atoms. The maximum absolute atomic E-state index is 11.6. The van der Waals surface area contributed by atoms with Gasteiger partial charge in [0, 0.05) is 11.6 Å². The fourth-order valence-corrected chi connectivity index (χ4v) is 2.32. The fourth-order valence-electron chi connectivity index (χ4n) is 1.53. The molecular formula is C10H9BrClNO3. The number of nitrogens with zero attached hydrogens (tertiary/aromatic N) is 1. The van der Waals surface area contributed by atoms with Crippen molar-refractivity contribution >= 4 is 39.1 Å². The van der Waals surface area contributed by atoms with Crippen LogP contribution in [0.2, 0.25) is 5.02 Å². The number of carbonyl (C=O) groups is 1. The van der Waals surface area contributed by atoms with Crippen molar-refractivity contribution in [3.8, 4) is 5.75 Å². The third-order valence-corrected chi connectivity index (χ3v) is 3.11. The highest BCUT2D eigenvalue weighted by Crippen LogP contribution is 2.38. The minimum atomic E-state index is -0.185. The second kappa shape index (κ2) is 4.61. The number of aromatic hydroxyl groups is 1. The highest BCUT2D eigenvalue weighted by atomic mass is 79.9. The Kier molecular flexibility index (Phi) is 3.37. The van der Waals surface area contributed by atoms with Gasteiger partial charge >= 0.3 is 0 Å². The molecule has 0 aliphatic carbocycles. The number of morpholine rings is 1. The van der Waals surface area contributed by atoms with Gasteiger partial charge in [0.05, 0.1) is 16.8 Å². The van der Waals surface area contributed by atoms with E-state index in [0.717, 1.165) is 0 Å². The van der Waals surface area contributed by atoms with Gasteiger partial charge in [-0.1, -0.05) is 11.6 Å². The lowest BCUT2D eigenvalue weighted by atomic mass is 10.2. The van der Waals surface area contributed by atoms with E-state index >= 15 is 0 Å². The molecule has 2 rings (SSSR count).